The number of fused-ring (bicyclic) bond motifs is 1. The van der Waals surface area contributed by atoms with Crippen molar-refractivity contribution in [1.82, 2.24) is 20.1 Å². The molecule has 0 aliphatic heterocycles. The van der Waals surface area contributed by atoms with Gasteiger partial charge in [-0.1, -0.05) is 12.1 Å². The Kier molecular flexibility index (Phi) is 6.26. The molecule has 2 aromatic carbocycles. The van der Waals surface area contributed by atoms with Crippen molar-refractivity contribution >= 4 is 16.9 Å². The molecule has 170 valence electrons. The Morgan fingerprint density at radius 2 is 1.73 bits per heavy atom. The molecule has 2 aromatic heterocycles. The molecule has 0 aliphatic rings. The molecular formula is C25H25FN4O3. The van der Waals surface area contributed by atoms with Crippen LogP contribution in [0.25, 0.3) is 11.0 Å². The maximum atomic E-state index is 13.0. The Balaban J connectivity index is 1.33. The van der Waals surface area contributed by atoms with Gasteiger partial charge in [0, 0.05) is 31.0 Å². The molecule has 0 saturated carbocycles. The smallest absolute Gasteiger partial charge is 0.253 e. The van der Waals surface area contributed by atoms with Gasteiger partial charge in [-0.25, -0.2) is 4.39 Å². The lowest BCUT2D eigenvalue weighted by Gasteiger charge is -2.09. The van der Waals surface area contributed by atoms with Crippen LogP contribution in [0.4, 0.5) is 4.39 Å². The quantitative estimate of drug-likeness (QED) is 0.446. The summed E-state index contributed by atoms with van der Waals surface area (Å²) in [6.07, 6.45) is 0.558. The van der Waals surface area contributed by atoms with E-state index in [-0.39, 0.29) is 23.7 Å². The van der Waals surface area contributed by atoms with Crippen molar-refractivity contribution in [3.05, 3.63) is 87.1 Å². The Hall–Kier alpha value is -3.94. The molecular weight excluding hydrogens is 423 g/mol. The highest BCUT2D eigenvalue weighted by atomic mass is 19.1. The highest BCUT2D eigenvalue weighted by Crippen LogP contribution is 2.22. The molecule has 1 amide bonds. The van der Waals surface area contributed by atoms with Crippen LogP contribution in [0, 0.1) is 19.7 Å². The number of hydrogen-bond donors (Lipinski definition) is 2. The molecule has 0 spiro atoms. The second-order valence-corrected chi connectivity index (χ2v) is 7.97. The number of aromatic amines is 1. The Bertz CT molecular complexity index is 1360. The molecule has 8 heteroatoms. The van der Waals surface area contributed by atoms with E-state index in [2.05, 4.69) is 15.4 Å². The fraction of sp³-hybridized carbons (Fsp3) is 0.240. The predicted octanol–water partition coefficient (Wildman–Crippen LogP) is 4.06. The summed E-state index contributed by atoms with van der Waals surface area (Å²) in [5, 5.41) is 8.18. The van der Waals surface area contributed by atoms with Gasteiger partial charge in [0.1, 0.15) is 23.0 Å². The molecule has 7 nitrogen and oxygen atoms in total. The standard InChI is InChI=1S/C25H25FN4O3/c1-15-21(25(32)28-24-23(15)16(2)29-30(24)3)12-13-22(31)27-14-17-4-8-19(9-5-17)33-20-10-6-18(26)7-11-20/h4-11H,12-14H2,1-3H3,(H,27,31)(H,28,32). The van der Waals surface area contributed by atoms with Gasteiger partial charge in [0.2, 0.25) is 5.91 Å². The fourth-order valence-electron chi connectivity index (χ4n) is 3.90. The Labute approximate surface area is 190 Å². The van der Waals surface area contributed by atoms with Gasteiger partial charge in [-0.05, 0) is 67.8 Å². The van der Waals surface area contributed by atoms with Crippen LogP contribution in [0.5, 0.6) is 11.5 Å². The van der Waals surface area contributed by atoms with Gasteiger partial charge in [-0.2, -0.15) is 5.10 Å². The van der Waals surface area contributed by atoms with Crippen molar-refractivity contribution in [3.63, 3.8) is 0 Å². The van der Waals surface area contributed by atoms with Crippen LogP contribution in [0.2, 0.25) is 0 Å². The first-order chi connectivity index (χ1) is 15.8. The summed E-state index contributed by atoms with van der Waals surface area (Å²) in [5.41, 5.74) is 3.73. The number of aryl methyl sites for hydroxylation is 3. The van der Waals surface area contributed by atoms with Gasteiger partial charge in [0.05, 0.1) is 5.69 Å². The summed E-state index contributed by atoms with van der Waals surface area (Å²) in [6, 6.07) is 13.1. The zero-order valence-corrected chi connectivity index (χ0v) is 18.7. The number of carbonyl (C=O) groups excluding carboxylic acids is 1. The van der Waals surface area contributed by atoms with Crippen molar-refractivity contribution < 1.29 is 13.9 Å². The van der Waals surface area contributed by atoms with E-state index in [9.17, 15) is 14.0 Å². The molecule has 0 unspecified atom stereocenters. The molecule has 4 aromatic rings. The van der Waals surface area contributed by atoms with E-state index >= 15 is 0 Å². The maximum Gasteiger partial charge on any atom is 0.253 e. The molecule has 0 atom stereocenters. The molecule has 0 bridgehead atoms. The SMILES string of the molecule is Cc1nn(C)c2[nH]c(=O)c(CCC(=O)NCc3ccc(Oc4ccc(F)cc4)cc3)c(C)c12. The number of hydrogen-bond acceptors (Lipinski definition) is 4. The summed E-state index contributed by atoms with van der Waals surface area (Å²) in [5.74, 6) is 0.708. The Morgan fingerprint density at radius 3 is 2.39 bits per heavy atom. The number of pyridine rings is 1. The predicted molar refractivity (Wildman–Crippen MR) is 124 cm³/mol. The number of carbonyl (C=O) groups is 1. The molecule has 0 saturated heterocycles. The molecule has 2 N–H and O–H groups in total. The molecule has 0 radical (unpaired) electrons. The normalized spacial score (nSPS) is 11.0. The average Bonchev–Trinajstić information content (AvgIpc) is 3.07. The minimum absolute atomic E-state index is 0.136. The fourth-order valence-corrected chi connectivity index (χ4v) is 3.90. The first kappa shape index (κ1) is 22.3. The third kappa shape index (κ3) is 4.95. The molecule has 33 heavy (non-hydrogen) atoms. The lowest BCUT2D eigenvalue weighted by Crippen LogP contribution is -2.24. The summed E-state index contributed by atoms with van der Waals surface area (Å²) in [4.78, 5) is 27.8. The number of benzene rings is 2. The van der Waals surface area contributed by atoms with Gasteiger partial charge in [0.25, 0.3) is 5.56 Å². The molecule has 2 heterocycles. The minimum atomic E-state index is -0.319. The molecule has 0 fully saturated rings. The second kappa shape index (κ2) is 9.28. The Morgan fingerprint density at radius 1 is 1.09 bits per heavy atom. The van der Waals surface area contributed by atoms with Crippen molar-refractivity contribution in [1.29, 1.82) is 0 Å². The molecule has 0 aliphatic carbocycles. The van der Waals surface area contributed by atoms with Crippen LogP contribution < -0.4 is 15.6 Å². The van der Waals surface area contributed by atoms with Crippen molar-refractivity contribution in [2.45, 2.75) is 33.2 Å². The van der Waals surface area contributed by atoms with E-state index in [1.54, 1.807) is 36.0 Å². The summed E-state index contributed by atoms with van der Waals surface area (Å²) in [7, 11) is 1.79. The first-order valence-electron chi connectivity index (χ1n) is 10.7. The zero-order valence-electron chi connectivity index (χ0n) is 18.7. The first-order valence-corrected chi connectivity index (χ1v) is 10.7. The summed E-state index contributed by atoms with van der Waals surface area (Å²) in [6.45, 7) is 4.17. The van der Waals surface area contributed by atoms with E-state index in [0.717, 1.165) is 22.2 Å². The number of rotatable bonds is 7. The molecule has 4 rings (SSSR count). The van der Waals surface area contributed by atoms with Gasteiger partial charge < -0.3 is 15.0 Å². The van der Waals surface area contributed by atoms with E-state index in [1.807, 2.05) is 26.0 Å². The van der Waals surface area contributed by atoms with E-state index in [4.69, 9.17) is 4.74 Å². The van der Waals surface area contributed by atoms with Gasteiger partial charge >= 0.3 is 0 Å². The van der Waals surface area contributed by atoms with Crippen LogP contribution >= 0.6 is 0 Å². The van der Waals surface area contributed by atoms with Crippen molar-refractivity contribution in [2.75, 3.05) is 0 Å². The third-order valence-electron chi connectivity index (χ3n) is 5.62. The number of aromatic nitrogens is 3. The lowest BCUT2D eigenvalue weighted by molar-refractivity contribution is -0.121. The van der Waals surface area contributed by atoms with Crippen molar-refractivity contribution in [3.8, 4) is 11.5 Å². The van der Waals surface area contributed by atoms with Crippen LogP contribution in [0.3, 0.4) is 0 Å². The van der Waals surface area contributed by atoms with Crippen LogP contribution in [0.1, 0.15) is 28.8 Å². The highest BCUT2D eigenvalue weighted by molar-refractivity contribution is 5.83. The monoisotopic (exact) mass is 448 g/mol. The van der Waals surface area contributed by atoms with E-state index in [0.29, 0.717) is 35.7 Å². The number of nitrogens with zero attached hydrogens (tertiary/aromatic N) is 2. The second-order valence-electron chi connectivity index (χ2n) is 7.97. The minimum Gasteiger partial charge on any atom is -0.457 e. The highest BCUT2D eigenvalue weighted by Gasteiger charge is 2.15. The van der Waals surface area contributed by atoms with E-state index < -0.39 is 0 Å². The van der Waals surface area contributed by atoms with Gasteiger partial charge in [0.15, 0.2) is 0 Å². The lowest BCUT2D eigenvalue weighted by atomic mass is 10.0. The van der Waals surface area contributed by atoms with Crippen LogP contribution in [-0.2, 0) is 24.8 Å². The van der Waals surface area contributed by atoms with Crippen molar-refractivity contribution in [2.24, 2.45) is 7.05 Å². The van der Waals surface area contributed by atoms with Crippen LogP contribution in [0.15, 0.2) is 53.3 Å². The largest absolute Gasteiger partial charge is 0.457 e. The van der Waals surface area contributed by atoms with Gasteiger partial charge in [-0.3, -0.25) is 14.3 Å². The zero-order chi connectivity index (χ0) is 23.5. The number of ether oxygens (including phenoxy) is 1. The number of amides is 1. The summed E-state index contributed by atoms with van der Waals surface area (Å²) < 4.78 is 20.3. The third-order valence-corrected chi connectivity index (χ3v) is 5.62. The van der Waals surface area contributed by atoms with Crippen LogP contribution in [-0.4, -0.2) is 20.7 Å². The van der Waals surface area contributed by atoms with Gasteiger partial charge in [-0.15, -0.1) is 0 Å². The topological polar surface area (TPSA) is 89.0 Å². The average molecular weight is 448 g/mol. The number of H-pyrrole nitrogens is 1. The summed E-state index contributed by atoms with van der Waals surface area (Å²) >= 11 is 0. The van der Waals surface area contributed by atoms with E-state index in [1.165, 1.54) is 12.1 Å². The number of halogens is 1. The number of nitrogens with one attached hydrogen (secondary N) is 2. The maximum absolute atomic E-state index is 13.0.